The molecule has 0 spiro atoms. The fourth-order valence-electron chi connectivity index (χ4n) is 3.92. The number of aliphatic hydroxyl groups is 1. The number of H-pyrrole nitrogens is 1. The Morgan fingerprint density at radius 1 is 1.32 bits per heavy atom. The predicted molar refractivity (Wildman–Crippen MR) is 124 cm³/mol. The van der Waals surface area contributed by atoms with Crippen LogP contribution in [-0.4, -0.2) is 63.8 Å². The van der Waals surface area contributed by atoms with E-state index in [4.69, 9.17) is 23.3 Å². The number of nitrogens with one attached hydrogen (secondary N) is 2. The zero-order chi connectivity index (χ0) is 27.0. The summed E-state index contributed by atoms with van der Waals surface area (Å²) < 4.78 is 56.0. The zero-order valence-electron chi connectivity index (χ0n) is 20.2. The van der Waals surface area contributed by atoms with Crippen LogP contribution in [0.5, 0.6) is 5.75 Å². The second kappa shape index (κ2) is 10.5. The van der Waals surface area contributed by atoms with Crippen molar-refractivity contribution in [2.45, 2.75) is 57.0 Å². The summed E-state index contributed by atoms with van der Waals surface area (Å²) in [5.74, 6) is -1.77. The van der Waals surface area contributed by atoms with Crippen LogP contribution < -0.4 is 20.9 Å². The molecule has 2 saturated heterocycles. The Balaban J connectivity index is 1.55. The first-order valence-corrected chi connectivity index (χ1v) is 12.9. The van der Waals surface area contributed by atoms with E-state index in [2.05, 4.69) is 5.09 Å². The number of nitrogens with zero attached hydrogens (tertiary/aromatic N) is 1. The molecule has 0 aliphatic carbocycles. The average Bonchev–Trinajstić information content (AvgIpc) is 3.29. The molecule has 37 heavy (non-hydrogen) atoms. The van der Waals surface area contributed by atoms with Gasteiger partial charge in [0, 0.05) is 0 Å². The highest BCUT2D eigenvalue weighted by Crippen LogP contribution is 2.50. The van der Waals surface area contributed by atoms with Gasteiger partial charge in [-0.25, -0.2) is 9.36 Å². The minimum absolute atomic E-state index is 0.168. The van der Waals surface area contributed by atoms with Crippen LogP contribution in [0.4, 0.5) is 4.39 Å². The number of ether oxygens (including phenoxy) is 3. The highest BCUT2D eigenvalue weighted by molar-refractivity contribution is 7.52. The normalized spacial score (nSPS) is 27.1. The molecule has 15 heteroatoms. The number of fused-ring (bicyclic) bond motifs is 2. The van der Waals surface area contributed by atoms with Gasteiger partial charge in [-0.05, 0) is 32.9 Å². The monoisotopic (exact) mass is 543 g/mol. The van der Waals surface area contributed by atoms with Crippen molar-refractivity contribution in [2.75, 3.05) is 13.2 Å². The molecule has 2 aliphatic rings. The minimum atomic E-state index is -4.30. The molecule has 202 valence electrons. The van der Waals surface area contributed by atoms with Crippen LogP contribution in [0, 0.1) is 5.82 Å². The Kier molecular flexibility index (Phi) is 7.70. The molecule has 0 amide bonds. The standard InChI is InChI=1S/C22H27FN3O10P/c1-12(2)34-20(29)13(3)25-37(31,36-14-7-5-4-6-8-14)33-11-22-10-32-16(17(22)27)19(35-22)26-9-15(23)18(28)24-21(26)30/h4-9,12-13,16-17,19,27H,10-11H2,1-3H3,(H,25,31)(H,24,28,30)/t13-,16+,17-,19+,22+,37-/m0/s1. The van der Waals surface area contributed by atoms with Crippen molar-refractivity contribution < 1.29 is 42.1 Å². The summed E-state index contributed by atoms with van der Waals surface area (Å²) in [5, 5.41) is 13.4. The first kappa shape index (κ1) is 27.2. The predicted octanol–water partition coefficient (Wildman–Crippen LogP) is 0.836. The fraction of sp³-hybridized carbons (Fsp3) is 0.500. The van der Waals surface area contributed by atoms with E-state index in [1.807, 2.05) is 4.98 Å². The van der Waals surface area contributed by atoms with Crippen LogP contribution in [0.25, 0.3) is 0 Å². The lowest BCUT2D eigenvalue weighted by Crippen LogP contribution is -2.46. The van der Waals surface area contributed by atoms with Gasteiger partial charge in [-0.3, -0.25) is 23.7 Å². The lowest BCUT2D eigenvalue weighted by molar-refractivity contribution is -0.185. The molecule has 4 rings (SSSR count). The SMILES string of the molecule is CC(C)OC(=O)[C@H](C)N[P@](=O)(OC[C@@]12CO[C@@H]([C@H](n3cc(F)c(=O)[nH]c3=O)O1)[C@@H]2O)Oc1ccccc1. The van der Waals surface area contributed by atoms with Crippen molar-refractivity contribution in [3.05, 3.63) is 63.2 Å². The number of carbonyl (C=O) groups excluding carboxylic acids is 1. The van der Waals surface area contributed by atoms with Crippen molar-refractivity contribution >= 4 is 13.7 Å². The summed E-state index contributed by atoms with van der Waals surface area (Å²) in [5.41, 5.74) is -3.81. The van der Waals surface area contributed by atoms with Gasteiger partial charge in [0.15, 0.2) is 6.23 Å². The van der Waals surface area contributed by atoms with Crippen LogP contribution in [0.3, 0.4) is 0 Å². The zero-order valence-corrected chi connectivity index (χ0v) is 21.1. The number of aromatic nitrogens is 2. The Morgan fingerprint density at radius 2 is 2.03 bits per heavy atom. The summed E-state index contributed by atoms with van der Waals surface area (Å²) in [6.07, 6.45) is -3.58. The third-order valence-electron chi connectivity index (χ3n) is 5.71. The highest BCUT2D eigenvalue weighted by atomic mass is 31.2. The van der Waals surface area contributed by atoms with Gasteiger partial charge in [0.25, 0.3) is 5.56 Å². The maximum atomic E-state index is 13.8. The van der Waals surface area contributed by atoms with Crippen molar-refractivity contribution in [2.24, 2.45) is 0 Å². The maximum absolute atomic E-state index is 13.8. The number of carbonyl (C=O) groups is 1. The van der Waals surface area contributed by atoms with E-state index in [9.17, 15) is 28.4 Å². The summed E-state index contributed by atoms with van der Waals surface area (Å²) in [6, 6.07) is 6.94. The Labute approximate surface area is 210 Å². The number of aliphatic hydroxyl groups excluding tert-OH is 1. The molecule has 6 atom stereocenters. The number of benzene rings is 1. The van der Waals surface area contributed by atoms with Gasteiger partial charge in [-0.15, -0.1) is 0 Å². The quantitative estimate of drug-likeness (QED) is 0.287. The number of aromatic amines is 1. The molecular weight excluding hydrogens is 516 g/mol. The number of hydrogen-bond donors (Lipinski definition) is 3. The Bertz CT molecular complexity index is 1300. The molecule has 2 aromatic rings. The van der Waals surface area contributed by atoms with Crippen LogP contribution in [0.15, 0.2) is 46.1 Å². The first-order chi connectivity index (χ1) is 17.4. The van der Waals surface area contributed by atoms with Crippen molar-refractivity contribution in [3.63, 3.8) is 0 Å². The number of halogens is 1. The van der Waals surface area contributed by atoms with Crippen LogP contribution in [0.1, 0.15) is 27.0 Å². The van der Waals surface area contributed by atoms with E-state index in [0.717, 1.165) is 4.57 Å². The van der Waals surface area contributed by atoms with Gasteiger partial charge in [0.05, 0.1) is 25.5 Å². The molecule has 0 saturated carbocycles. The second-order valence-corrected chi connectivity index (χ2v) is 10.6. The topological polar surface area (TPSA) is 167 Å². The third kappa shape index (κ3) is 5.69. The molecule has 0 unspecified atom stereocenters. The molecule has 0 radical (unpaired) electrons. The van der Waals surface area contributed by atoms with Crippen molar-refractivity contribution in [1.29, 1.82) is 0 Å². The maximum Gasteiger partial charge on any atom is 0.459 e. The second-order valence-electron chi connectivity index (χ2n) is 8.95. The molecule has 2 bridgehead atoms. The smallest absolute Gasteiger partial charge is 0.459 e. The minimum Gasteiger partial charge on any atom is -0.462 e. The van der Waals surface area contributed by atoms with E-state index in [1.54, 1.807) is 32.0 Å². The van der Waals surface area contributed by atoms with Crippen LogP contribution in [0.2, 0.25) is 0 Å². The van der Waals surface area contributed by atoms with Gasteiger partial charge >= 0.3 is 19.4 Å². The van der Waals surface area contributed by atoms with Crippen molar-refractivity contribution in [1.82, 2.24) is 14.6 Å². The van der Waals surface area contributed by atoms with Crippen LogP contribution in [-0.2, 0) is 28.1 Å². The number of rotatable bonds is 10. The van der Waals surface area contributed by atoms with E-state index in [-0.39, 0.29) is 12.4 Å². The average molecular weight is 543 g/mol. The first-order valence-electron chi connectivity index (χ1n) is 11.4. The summed E-state index contributed by atoms with van der Waals surface area (Å²) in [6.45, 7) is 3.95. The molecule has 3 N–H and O–H groups in total. The summed E-state index contributed by atoms with van der Waals surface area (Å²) in [7, 11) is -4.30. The fourth-order valence-corrected chi connectivity index (χ4v) is 5.46. The highest BCUT2D eigenvalue weighted by Gasteiger charge is 2.63. The number of esters is 1. The van der Waals surface area contributed by atoms with E-state index < -0.39 is 73.6 Å². The van der Waals surface area contributed by atoms with Crippen molar-refractivity contribution in [3.8, 4) is 5.75 Å². The van der Waals surface area contributed by atoms with Gasteiger partial charge in [-0.1, -0.05) is 18.2 Å². The number of hydrogen-bond acceptors (Lipinski definition) is 10. The van der Waals surface area contributed by atoms with E-state index >= 15 is 0 Å². The van der Waals surface area contributed by atoms with E-state index in [0.29, 0.717) is 6.20 Å². The van der Waals surface area contributed by atoms with Gasteiger partial charge in [-0.2, -0.15) is 9.48 Å². The van der Waals surface area contributed by atoms with Gasteiger partial charge in [0.1, 0.15) is 29.6 Å². The lowest BCUT2D eigenvalue weighted by atomic mass is 10.0. The number of para-hydroxylation sites is 1. The lowest BCUT2D eigenvalue weighted by Gasteiger charge is -2.32. The molecule has 1 aromatic carbocycles. The molecule has 3 heterocycles. The molecule has 13 nitrogen and oxygen atoms in total. The Morgan fingerprint density at radius 3 is 2.70 bits per heavy atom. The molecule has 2 fully saturated rings. The summed E-state index contributed by atoms with van der Waals surface area (Å²) in [4.78, 5) is 37.7. The molecular formula is C22H27FN3O10P. The van der Waals surface area contributed by atoms with Gasteiger partial charge in [0.2, 0.25) is 5.82 Å². The van der Waals surface area contributed by atoms with Gasteiger partial charge < -0.3 is 23.8 Å². The van der Waals surface area contributed by atoms with E-state index in [1.165, 1.54) is 19.1 Å². The third-order valence-corrected chi connectivity index (χ3v) is 7.33. The summed E-state index contributed by atoms with van der Waals surface area (Å²) >= 11 is 0. The Hall–Kier alpha value is -2.87. The van der Waals surface area contributed by atoms with Crippen LogP contribution >= 0.6 is 7.75 Å². The molecule has 2 aliphatic heterocycles. The largest absolute Gasteiger partial charge is 0.462 e. The molecule has 1 aromatic heterocycles.